The van der Waals surface area contributed by atoms with Crippen LogP contribution < -0.4 is 10.1 Å². The Labute approximate surface area is 115 Å². The molecule has 6 heteroatoms. The number of nitrogens with zero attached hydrogens (tertiary/aromatic N) is 2. The van der Waals surface area contributed by atoms with Gasteiger partial charge in [0.15, 0.2) is 0 Å². The summed E-state index contributed by atoms with van der Waals surface area (Å²) >= 11 is 7.52. The van der Waals surface area contributed by atoms with Crippen LogP contribution in [-0.2, 0) is 0 Å². The molecule has 1 N–H and O–H groups in total. The molecule has 96 valence electrons. The molecule has 0 bridgehead atoms. The number of thiophene rings is 1. The molecule has 0 aliphatic rings. The van der Waals surface area contributed by atoms with Gasteiger partial charge in [-0.3, -0.25) is 4.98 Å². The van der Waals surface area contributed by atoms with E-state index in [0.29, 0.717) is 5.88 Å². The summed E-state index contributed by atoms with van der Waals surface area (Å²) < 4.78 is 6.02. The van der Waals surface area contributed by atoms with Crippen LogP contribution >= 0.6 is 22.9 Å². The first-order valence-electron chi connectivity index (χ1n) is 5.59. The molecule has 2 aromatic rings. The molecule has 18 heavy (non-hydrogen) atoms. The van der Waals surface area contributed by atoms with Gasteiger partial charge in [-0.2, -0.15) is 0 Å². The number of rotatable bonds is 5. The average Bonchev–Trinajstić information content (AvgIpc) is 2.82. The Balaban J connectivity index is 2.41. The molecule has 0 radical (unpaired) electrons. The first-order valence-corrected chi connectivity index (χ1v) is 6.79. The molecule has 0 aliphatic carbocycles. The van der Waals surface area contributed by atoms with Gasteiger partial charge in [-0.05, 0) is 18.7 Å². The highest BCUT2D eigenvalue weighted by Crippen LogP contribution is 2.32. The zero-order chi connectivity index (χ0) is 13.0. The quantitative estimate of drug-likeness (QED) is 0.916. The lowest BCUT2D eigenvalue weighted by Crippen LogP contribution is -2.23. The van der Waals surface area contributed by atoms with Gasteiger partial charge in [-0.15, -0.1) is 11.3 Å². The van der Waals surface area contributed by atoms with E-state index >= 15 is 0 Å². The summed E-state index contributed by atoms with van der Waals surface area (Å²) in [5.74, 6) is 0.535. The van der Waals surface area contributed by atoms with Crippen molar-refractivity contribution < 1.29 is 4.74 Å². The molecule has 0 saturated carbocycles. The minimum Gasteiger partial charge on any atom is -0.480 e. The molecule has 2 rings (SSSR count). The Kier molecular flexibility index (Phi) is 4.52. The highest BCUT2D eigenvalue weighted by Gasteiger charge is 2.21. The zero-order valence-corrected chi connectivity index (χ0v) is 11.8. The van der Waals surface area contributed by atoms with Gasteiger partial charge in [0, 0.05) is 17.3 Å². The van der Waals surface area contributed by atoms with E-state index in [1.807, 2.05) is 19.1 Å². The molecule has 0 fully saturated rings. The molecular formula is C12H14ClN3OS. The zero-order valence-electron chi connectivity index (χ0n) is 10.2. The fourth-order valence-electron chi connectivity index (χ4n) is 1.71. The predicted octanol–water partition coefficient (Wildman–Crippen LogP) is 2.90. The highest BCUT2D eigenvalue weighted by molar-refractivity contribution is 7.16. The highest BCUT2D eigenvalue weighted by atomic mass is 35.5. The number of nitrogens with one attached hydrogen (secondary N) is 1. The lowest BCUT2D eigenvalue weighted by Gasteiger charge is -2.17. The van der Waals surface area contributed by atoms with Gasteiger partial charge >= 0.3 is 0 Å². The van der Waals surface area contributed by atoms with Crippen molar-refractivity contribution in [2.45, 2.75) is 13.0 Å². The lowest BCUT2D eigenvalue weighted by molar-refractivity contribution is 0.383. The summed E-state index contributed by atoms with van der Waals surface area (Å²) in [5.41, 5.74) is 0.778. The minimum absolute atomic E-state index is 0.0452. The third-order valence-corrected chi connectivity index (χ3v) is 3.74. The number of hydrogen-bond donors (Lipinski definition) is 1. The molecule has 0 aliphatic heterocycles. The second kappa shape index (κ2) is 6.13. The topological polar surface area (TPSA) is 47.0 Å². The lowest BCUT2D eigenvalue weighted by atomic mass is 10.1. The average molecular weight is 284 g/mol. The Morgan fingerprint density at radius 3 is 2.78 bits per heavy atom. The van der Waals surface area contributed by atoms with Crippen LogP contribution in [0.2, 0.25) is 4.34 Å². The van der Waals surface area contributed by atoms with Crippen molar-refractivity contribution in [3.05, 3.63) is 39.4 Å². The van der Waals surface area contributed by atoms with Crippen molar-refractivity contribution >= 4 is 22.9 Å². The van der Waals surface area contributed by atoms with Crippen LogP contribution in [0.15, 0.2) is 24.5 Å². The Morgan fingerprint density at radius 1 is 1.39 bits per heavy atom. The monoisotopic (exact) mass is 283 g/mol. The van der Waals surface area contributed by atoms with E-state index < -0.39 is 0 Å². The largest absolute Gasteiger partial charge is 0.480 e. The predicted molar refractivity (Wildman–Crippen MR) is 73.4 cm³/mol. The molecular weight excluding hydrogens is 270 g/mol. The van der Waals surface area contributed by atoms with Gasteiger partial charge in [0.05, 0.1) is 17.5 Å². The van der Waals surface area contributed by atoms with Crippen molar-refractivity contribution in [3.8, 4) is 5.88 Å². The maximum atomic E-state index is 5.99. The maximum Gasteiger partial charge on any atom is 0.237 e. The van der Waals surface area contributed by atoms with Crippen LogP contribution in [0.1, 0.15) is 23.5 Å². The second-order valence-electron chi connectivity index (χ2n) is 3.58. The summed E-state index contributed by atoms with van der Waals surface area (Å²) in [4.78, 5) is 9.65. The molecule has 4 nitrogen and oxygen atoms in total. The third kappa shape index (κ3) is 2.80. The van der Waals surface area contributed by atoms with Gasteiger partial charge in [0.2, 0.25) is 5.88 Å². The van der Waals surface area contributed by atoms with Gasteiger partial charge in [0.1, 0.15) is 5.69 Å². The molecule has 0 amide bonds. The van der Waals surface area contributed by atoms with E-state index in [9.17, 15) is 0 Å². The summed E-state index contributed by atoms with van der Waals surface area (Å²) in [7, 11) is 1.60. The van der Waals surface area contributed by atoms with Gasteiger partial charge in [-0.25, -0.2) is 4.98 Å². The standard InChI is InChI=1S/C12H14ClN3OS/c1-3-14-10(8-4-5-9(13)18-8)11-12(17-2)16-7-6-15-11/h4-7,10,14H,3H2,1-2H3. The van der Waals surface area contributed by atoms with E-state index in [-0.39, 0.29) is 6.04 Å². The maximum absolute atomic E-state index is 5.99. The summed E-state index contributed by atoms with van der Waals surface area (Å²) in [6.45, 7) is 2.87. The van der Waals surface area contributed by atoms with Crippen LogP contribution in [0.3, 0.4) is 0 Å². The van der Waals surface area contributed by atoms with E-state index in [0.717, 1.165) is 21.5 Å². The van der Waals surface area contributed by atoms with Crippen LogP contribution in [0, 0.1) is 0 Å². The minimum atomic E-state index is -0.0452. The number of aromatic nitrogens is 2. The number of methoxy groups -OCH3 is 1. The fraction of sp³-hybridized carbons (Fsp3) is 0.333. The first kappa shape index (κ1) is 13.3. The van der Waals surface area contributed by atoms with E-state index in [1.165, 1.54) is 11.3 Å². The van der Waals surface area contributed by atoms with E-state index in [4.69, 9.17) is 16.3 Å². The molecule has 0 spiro atoms. The van der Waals surface area contributed by atoms with E-state index in [2.05, 4.69) is 15.3 Å². The summed E-state index contributed by atoms with van der Waals surface area (Å²) in [6, 6.07) is 3.83. The van der Waals surface area contributed by atoms with Gasteiger partial charge in [0.25, 0.3) is 0 Å². The van der Waals surface area contributed by atoms with Gasteiger partial charge < -0.3 is 10.1 Å². The molecule has 0 saturated heterocycles. The Hall–Kier alpha value is -1.17. The summed E-state index contributed by atoms with van der Waals surface area (Å²) in [5, 5.41) is 3.37. The summed E-state index contributed by atoms with van der Waals surface area (Å²) in [6.07, 6.45) is 3.28. The number of hydrogen-bond acceptors (Lipinski definition) is 5. The van der Waals surface area contributed by atoms with Crippen LogP contribution in [0.25, 0.3) is 0 Å². The Morgan fingerprint density at radius 2 is 2.17 bits per heavy atom. The van der Waals surface area contributed by atoms with Crippen LogP contribution in [0.5, 0.6) is 5.88 Å². The van der Waals surface area contributed by atoms with Crippen LogP contribution in [-0.4, -0.2) is 23.6 Å². The van der Waals surface area contributed by atoms with Crippen molar-refractivity contribution in [1.82, 2.24) is 15.3 Å². The molecule has 2 heterocycles. The van der Waals surface area contributed by atoms with Crippen molar-refractivity contribution in [3.63, 3.8) is 0 Å². The van der Waals surface area contributed by atoms with Gasteiger partial charge in [-0.1, -0.05) is 18.5 Å². The second-order valence-corrected chi connectivity index (χ2v) is 5.33. The Bertz CT molecular complexity index is 518. The molecule has 0 aromatic carbocycles. The van der Waals surface area contributed by atoms with E-state index in [1.54, 1.807) is 19.5 Å². The first-order chi connectivity index (χ1) is 8.76. The molecule has 1 unspecified atom stereocenters. The molecule has 1 atom stereocenters. The molecule has 2 aromatic heterocycles. The third-order valence-electron chi connectivity index (χ3n) is 2.44. The number of halogens is 1. The fourth-order valence-corrected chi connectivity index (χ4v) is 2.85. The van der Waals surface area contributed by atoms with Crippen molar-refractivity contribution in [2.75, 3.05) is 13.7 Å². The van der Waals surface area contributed by atoms with Crippen LogP contribution in [0.4, 0.5) is 0 Å². The SMILES string of the molecule is CCNC(c1ccc(Cl)s1)c1nccnc1OC. The van der Waals surface area contributed by atoms with Crippen molar-refractivity contribution in [1.29, 1.82) is 0 Å². The van der Waals surface area contributed by atoms with Crippen molar-refractivity contribution in [2.24, 2.45) is 0 Å². The number of ether oxygens (including phenoxy) is 1. The normalized spacial score (nSPS) is 12.4. The smallest absolute Gasteiger partial charge is 0.237 e.